The van der Waals surface area contributed by atoms with Gasteiger partial charge in [0.05, 0.1) is 5.02 Å². The van der Waals surface area contributed by atoms with Gasteiger partial charge in [-0.05, 0) is 30.5 Å². The minimum absolute atomic E-state index is 0.0219. The van der Waals surface area contributed by atoms with Gasteiger partial charge in [0.15, 0.2) is 0 Å². The normalized spacial score (nSPS) is 13.8. The lowest BCUT2D eigenvalue weighted by Gasteiger charge is -2.15. The molecule has 19 heavy (non-hydrogen) atoms. The zero-order chi connectivity index (χ0) is 14.6. The van der Waals surface area contributed by atoms with Crippen LogP contribution in [0.25, 0.3) is 0 Å². The highest BCUT2D eigenvalue weighted by Crippen LogP contribution is 2.21. The molecule has 0 bridgehead atoms. The van der Waals surface area contributed by atoms with Crippen LogP contribution in [0.5, 0.6) is 0 Å². The number of hydrogen-bond donors (Lipinski definition) is 2. The number of nitrogens with one attached hydrogen (secondary N) is 1. The van der Waals surface area contributed by atoms with Gasteiger partial charge in [-0.25, -0.2) is 17.5 Å². The largest absolute Gasteiger partial charge is 0.327 e. The molecule has 0 heterocycles. The molecule has 0 fully saturated rings. The molecule has 7 heteroatoms. The molecule has 0 aromatic heterocycles. The number of rotatable bonds is 6. The van der Waals surface area contributed by atoms with Crippen molar-refractivity contribution in [3.8, 4) is 0 Å². The molecule has 108 valence electrons. The molecule has 1 unspecified atom stereocenters. The van der Waals surface area contributed by atoms with Gasteiger partial charge in [0.25, 0.3) is 0 Å². The third-order valence-electron chi connectivity index (χ3n) is 2.49. The second-order valence-corrected chi connectivity index (χ2v) is 6.96. The molecule has 0 aliphatic carbocycles. The van der Waals surface area contributed by atoms with E-state index in [0.29, 0.717) is 12.3 Å². The van der Waals surface area contributed by atoms with Gasteiger partial charge in [-0.1, -0.05) is 25.4 Å². The van der Waals surface area contributed by atoms with Crippen LogP contribution in [-0.2, 0) is 10.0 Å². The Balaban J connectivity index is 2.79. The first-order chi connectivity index (χ1) is 8.72. The quantitative estimate of drug-likeness (QED) is 0.845. The third-order valence-corrected chi connectivity index (χ3v) is 4.40. The summed E-state index contributed by atoms with van der Waals surface area (Å²) in [6, 6.07) is 2.91. The van der Waals surface area contributed by atoms with E-state index in [4.69, 9.17) is 17.3 Å². The molecule has 1 aromatic carbocycles. The summed E-state index contributed by atoms with van der Waals surface area (Å²) in [6.45, 7) is 4.09. The van der Waals surface area contributed by atoms with Gasteiger partial charge in [0, 0.05) is 12.6 Å². The van der Waals surface area contributed by atoms with E-state index >= 15 is 0 Å². The molecule has 1 aromatic rings. The van der Waals surface area contributed by atoms with Crippen LogP contribution in [0.15, 0.2) is 23.1 Å². The first-order valence-corrected chi connectivity index (χ1v) is 7.79. The smallest absolute Gasteiger partial charge is 0.242 e. The number of hydrogen-bond acceptors (Lipinski definition) is 3. The monoisotopic (exact) mass is 308 g/mol. The minimum atomic E-state index is -3.85. The fourth-order valence-electron chi connectivity index (χ4n) is 1.67. The summed E-state index contributed by atoms with van der Waals surface area (Å²) < 4.78 is 39.4. The predicted molar refractivity (Wildman–Crippen MR) is 74.0 cm³/mol. The standard InChI is InChI=1S/C12H18ClFN2O2S/c1-8(2)5-10(15)7-16-19(17,18)12-6-9(14)3-4-11(12)13/h3-4,6,8,10,16H,5,7,15H2,1-2H3. The van der Waals surface area contributed by atoms with Crippen molar-refractivity contribution in [3.05, 3.63) is 29.0 Å². The Morgan fingerprint density at radius 1 is 1.42 bits per heavy atom. The molecule has 1 atom stereocenters. The van der Waals surface area contributed by atoms with Crippen molar-refractivity contribution in [2.75, 3.05) is 6.54 Å². The molecule has 0 aliphatic heterocycles. The number of sulfonamides is 1. The van der Waals surface area contributed by atoms with E-state index in [2.05, 4.69) is 4.72 Å². The molecule has 0 saturated carbocycles. The molecule has 4 nitrogen and oxygen atoms in total. The summed E-state index contributed by atoms with van der Waals surface area (Å²) in [5.74, 6) is -0.284. The third kappa shape index (κ3) is 5.06. The van der Waals surface area contributed by atoms with Crippen molar-refractivity contribution in [3.63, 3.8) is 0 Å². The Kier molecular flexibility index (Phi) is 5.73. The van der Waals surface area contributed by atoms with E-state index in [1.807, 2.05) is 13.8 Å². The molecular weight excluding hydrogens is 291 g/mol. The zero-order valence-electron chi connectivity index (χ0n) is 10.9. The van der Waals surface area contributed by atoms with E-state index < -0.39 is 15.8 Å². The van der Waals surface area contributed by atoms with Crippen LogP contribution < -0.4 is 10.5 Å². The molecule has 0 amide bonds. The fourth-order valence-corrected chi connectivity index (χ4v) is 3.27. The molecule has 0 radical (unpaired) electrons. The Morgan fingerprint density at radius 2 is 2.05 bits per heavy atom. The van der Waals surface area contributed by atoms with Crippen molar-refractivity contribution in [2.24, 2.45) is 11.7 Å². The highest BCUT2D eigenvalue weighted by molar-refractivity contribution is 7.89. The van der Waals surface area contributed by atoms with Crippen molar-refractivity contribution in [2.45, 2.75) is 31.2 Å². The summed E-state index contributed by atoms with van der Waals surface area (Å²) >= 11 is 5.76. The summed E-state index contributed by atoms with van der Waals surface area (Å²) in [4.78, 5) is -0.272. The van der Waals surface area contributed by atoms with Crippen LogP contribution in [0.2, 0.25) is 5.02 Å². The number of nitrogens with two attached hydrogens (primary N) is 1. The topological polar surface area (TPSA) is 72.2 Å². The van der Waals surface area contributed by atoms with Gasteiger partial charge < -0.3 is 5.73 Å². The second-order valence-electron chi connectivity index (χ2n) is 4.82. The summed E-state index contributed by atoms with van der Waals surface area (Å²) in [5.41, 5.74) is 5.79. The van der Waals surface area contributed by atoms with Crippen LogP contribution in [0.3, 0.4) is 0 Å². The summed E-state index contributed by atoms with van der Waals surface area (Å²) in [7, 11) is -3.85. The maximum atomic E-state index is 13.1. The minimum Gasteiger partial charge on any atom is -0.327 e. The van der Waals surface area contributed by atoms with Gasteiger partial charge in [0.2, 0.25) is 10.0 Å². The average Bonchev–Trinajstić information content (AvgIpc) is 2.29. The van der Waals surface area contributed by atoms with Gasteiger partial charge >= 0.3 is 0 Å². The Hall–Kier alpha value is -0.690. The maximum absolute atomic E-state index is 13.1. The van der Waals surface area contributed by atoms with Crippen molar-refractivity contribution >= 4 is 21.6 Å². The molecule has 0 spiro atoms. The molecule has 3 N–H and O–H groups in total. The molecule has 1 rings (SSSR count). The van der Waals surface area contributed by atoms with Crippen molar-refractivity contribution in [1.82, 2.24) is 4.72 Å². The van der Waals surface area contributed by atoms with E-state index in [1.165, 1.54) is 6.07 Å². The molecular formula is C12H18ClFN2O2S. The molecule has 0 saturated heterocycles. The first kappa shape index (κ1) is 16.4. The fraction of sp³-hybridized carbons (Fsp3) is 0.500. The second kappa shape index (κ2) is 6.65. The van der Waals surface area contributed by atoms with Gasteiger partial charge in [-0.3, -0.25) is 0 Å². The lowest BCUT2D eigenvalue weighted by Crippen LogP contribution is -2.38. The Labute approximate surface area is 118 Å². The lowest BCUT2D eigenvalue weighted by molar-refractivity contribution is 0.485. The van der Waals surface area contributed by atoms with E-state index in [1.54, 1.807) is 0 Å². The van der Waals surface area contributed by atoms with E-state index in [9.17, 15) is 12.8 Å². The van der Waals surface area contributed by atoms with Crippen LogP contribution >= 0.6 is 11.6 Å². The Morgan fingerprint density at radius 3 is 2.63 bits per heavy atom. The zero-order valence-corrected chi connectivity index (χ0v) is 12.4. The summed E-state index contributed by atoms with van der Waals surface area (Å²) in [6.07, 6.45) is 0.694. The van der Waals surface area contributed by atoms with Crippen molar-refractivity contribution in [1.29, 1.82) is 0 Å². The number of benzene rings is 1. The molecule has 0 aliphatic rings. The van der Waals surface area contributed by atoms with Crippen LogP contribution in [0, 0.1) is 11.7 Å². The number of halogens is 2. The van der Waals surface area contributed by atoms with Gasteiger partial charge in [-0.2, -0.15) is 0 Å². The van der Waals surface area contributed by atoms with Crippen LogP contribution in [0.4, 0.5) is 4.39 Å². The van der Waals surface area contributed by atoms with E-state index in [-0.39, 0.29) is 22.5 Å². The van der Waals surface area contributed by atoms with E-state index in [0.717, 1.165) is 12.1 Å². The summed E-state index contributed by atoms with van der Waals surface area (Å²) in [5, 5.41) is -0.0219. The Bertz CT molecular complexity index is 535. The predicted octanol–water partition coefficient (Wildman–Crippen LogP) is 2.13. The highest BCUT2D eigenvalue weighted by Gasteiger charge is 2.19. The SMILES string of the molecule is CC(C)CC(N)CNS(=O)(=O)c1cc(F)ccc1Cl. The average molecular weight is 309 g/mol. The van der Waals surface area contributed by atoms with Crippen LogP contribution in [-0.4, -0.2) is 21.0 Å². The van der Waals surface area contributed by atoms with Crippen LogP contribution in [0.1, 0.15) is 20.3 Å². The highest BCUT2D eigenvalue weighted by atomic mass is 35.5. The van der Waals surface area contributed by atoms with Gasteiger partial charge in [0.1, 0.15) is 10.7 Å². The first-order valence-electron chi connectivity index (χ1n) is 5.92. The van der Waals surface area contributed by atoms with Crippen molar-refractivity contribution < 1.29 is 12.8 Å². The maximum Gasteiger partial charge on any atom is 0.242 e. The van der Waals surface area contributed by atoms with Gasteiger partial charge in [-0.15, -0.1) is 0 Å². The lowest BCUT2D eigenvalue weighted by atomic mass is 10.1.